The van der Waals surface area contributed by atoms with E-state index in [4.69, 9.17) is 5.73 Å². The average Bonchev–Trinajstić information content (AvgIpc) is 3.18. The Hall–Kier alpha value is -3.15. The Balaban J connectivity index is 1.37. The highest BCUT2D eigenvalue weighted by Gasteiger charge is 2.23. The van der Waals surface area contributed by atoms with Gasteiger partial charge in [-0.15, -0.1) is 0 Å². The van der Waals surface area contributed by atoms with Gasteiger partial charge in [0.15, 0.2) is 10.8 Å². The molecule has 1 fully saturated rings. The first-order valence-electron chi connectivity index (χ1n) is 10.7. The Bertz CT molecular complexity index is 1090. The van der Waals surface area contributed by atoms with Crippen molar-refractivity contribution in [3.05, 3.63) is 53.8 Å². The van der Waals surface area contributed by atoms with Gasteiger partial charge in [-0.25, -0.2) is 9.97 Å². The maximum atomic E-state index is 13.3. The summed E-state index contributed by atoms with van der Waals surface area (Å²) in [6.07, 6.45) is 7.87. The van der Waals surface area contributed by atoms with Gasteiger partial charge < -0.3 is 21.3 Å². The predicted octanol–water partition coefficient (Wildman–Crippen LogP) is 2.21. The highest BCUT2D eigenvalue weighted by Crippen LogP contribution is 2.31. The van der Waals surface area contributed by atoms with Crippen molar-refractivity contribution in [2.45, 2.75) is 6.42 Å². The monoisotopic (exact) mass is 471 g/mol. The molecule has 2 aliphatic rings. The minimum atomic E-state index is -0.760. The van der Waals surface area contributed by atoms with E-state index in [0.717, 1.165) is 44.1 Å². The van der Waals surface area contributed by atoms with Gasteiger partial charge in [-0.2, -0.15) is 4.39 Å². The van der Waals surface area contributed by atoms with Crippen LogP contribution in [0.3, 0.4) is 0 Å². The second kappa shape index (κ2) is 10.2. The van der Waals surface area contributed by atoms with Crippen molar-refractivity contribution in [1.29, 1.82) is 0 Å². The summed E-state index contributed by atoms with van der Waals surface area (Å²) in [7, 11) is 2.13. The maximum Gasteiger partial charge on any atom is 0.270 e. The minimum Gasteiger partial charge on any atom is -0.364 e. The molecular weight excluding hydrogens is 445 g/mol. The van der Waals surface area contributed by atoms with Gasteiger partial charge in [-0.3, -0.25) is 14.5 Å². The second-order valence-corrected chi connectivity index (χ2v) is 9.10. The van der Waals surface area contributed by atoms with E-state index in [0.29, 0.717) is 17.2 Å². The fourth-order valence-electron chi connectivity index (χ4n) is 3.67. The van der Waals surface area contributed by atoms with Crippen molar-refractivity contribution in [3.8, 4) is 0 Å². The smallest absolute Gasteiger partial charge is 0.270 e. The van der Waals surface area contributed by atoms with Crippen molar-refractivity contribution in [1.82, 2.24) is 19.8 Å². The zero-order valence-corrected chi connectivity index (χ0v) is 19.1. The SMILES string of the molecule is CN1CCN(CC2=CCC(C(=O)Nc3sc(Nc4ccnc(F)c4)nc3C(N)=O)C=C2)CC1. The maximum absolute atomic E-state index is 13.3. The molecule has 0 aromatic carbocycles. The number of primary amides is 1. The highest BCUT2D eigenvalue weighted by molar-refractivity contribution is 7.20. The number of amides is 2. The van der Waals surface area contributed by atoms with Crippen LogP contribution in [-0.2, 0) is 4.79 Å². The molecule has 1 atom stereocenters. The summed E-state index contributed by atoms with van der Waals surface area (Å²) in [5, 5.41) is 6.23. The molecule has 0 spiro atoms. The Morgan fingerprint density at radius 1 is 1.30 bits per heavy atom. The summed E-state index contributed by atoms with van der Waals surface area (Å²) in [6, 6.07) is 2.76. The number of hydrogen-bond donors (Lipinski definition) is 3. The van der Waals surface area contributed by atoms with Crippen molar-refractivity contribution in [2.24, 2.45) is 11.7 Å². The van der Waals surface area contributed by atoms with Crippen LogP contribution in [0.1, 0.15) is 16.9 Å². The summed E-state index contributed by atoms with van der Waals surface area (Å²) < 4.78 is 13.3. The molecule has 2 aromatic rings. The van der Waals surface area contributed by atoms with E-state index >= 15 is 0 Å². The lowest BCUT2D eigenvalue weighted by atomic mass is 9.95. The quantitative estimate of drug-likeness (QED) is 0.530. The van der Waals surface area contributed by atoms with Crippen LogP contribution in [0.5, 0.6) is 0 Å². The Morgan fingerprint density at radius 3 is 2.76 bits per heavy atom. The van der Waals surface area contributed by atoms with Crippen LogP contribution in [-0.4, -0.2) is 71.4 Å². The first kappa shape index (κ1) is 23.0. The van der Waals surface area contributed by atoms with Crippen molar-refractivity contribution >= 4 is 39.0 Å². The molecule has 1 saturated heterocycles. The normalized spacial score (nSPS) is 19.2. The van der Waals surface area contributed by atoms with E-state index < -0.39 is 11.9 Å². The topological polar surface area (TPSA) is 116 Å². The van der Waals surface area contributed by atoms with Crippen LogP contribution < -0.4 is 16.4 Å². The molecule has 4 rings (SSSR count). The fourth-order valence-corrected chi connectivity index (χ4v) is 4.57. The average molecular weight is 472 g/mol. The van der Waals surface area contributed by atoms with Gasteiger partial charge in [0.25, 0.3) is 5.91 Å². The summed E-state index contributed by atoms with van der Waals surface area (Å²) in [4.78, 5) is 37.0. The number of carbonyl (C=O) groups excluding carboxylic acids is 2. The number of pyridine rings is 1. The van der Waals surface area contributed by atoms with Gasteiger partial charge >= 0.3 is 0 Å². The van der Waals surface area contributed by atoms with Gasteiger partial charge in [-0.05, 0) is 25.1 Å². The summed E-state index contributed by atoms with van der Waals surface area (Å²) in [5.41, 5.74) is 7.01. The van der Waals surface area contributed by atoms with Gasteiger partial charge in [0.05, 0.1) is 5.92 Å². The third kappa shape index (κ3) is 6.01. The molecule has 1 unspecified atom stereocenters. The van der Waals surface area contributed by atoms with Gasteiger partial charge in [0, 0.05) is 50.7 Å². The zero-order valence-electron chi connectivity index (χ0n) is 18.3. The molecule has 4 N–H and O–H groups in total. The number of carbonyl (C=O) groups is 2. The van der Waals surface area contributed by atoms with E-state index in [1.165, 1.54) is 17.8 Å². The molecule has 0 bridgehead atoms. The van der Waals surface area contributed by atoms with E-state index in [9.17, 15) is 14.0 Å². The molecular formula is C22H26FN7O2S. The number of piperazine rings is 1. The molecule has 2 amide bonds. The number of halogens is 1. The number of aromatic nitrogens is 2. The highest BCUT2D eigenvalue weighted by atomic mass is 32.1. The number of anilines is 3. The van der Waals surface area contributed by atoms with Crippen LogP contribution in [0.25, 0.3) is 0 Å². The number of likely N-dealkylation sites (N-methyl/N-ethyl adjacent to an activating group) is 1. The molecule has 174 valence electrons. The summed E-state index contributed by atoms with van der Waals surface area (Å²) >= 11 is 1.06. The van der Waals surface area contributed by atoms with E-state index in [2.05, 4.69) is 43.5 Å². The molecule has 0 saturated carbocycles. The van der Waals surface area contributed by atoms with Crippen LogP contribution in [0.2, 0.25) is 0 Å². The lowest BCUT2D eigenvalue weighted by Gasteiger charge is -2.33. The lowest BCUT2D eigenvalue weighted by Crippen LogP contribution is -2.45. The Labute approximate surface area is 195 Å². The van der Waals surface area contributed by atoms with Gasteiger partial charge in [-0.1, -0.05) is 29.6 Å². The summed E-state index contributed by atoms with van der Waals surface area (Å²) in [5.74, 6) is -2.00. The number of nitrogens with two attached hydrogens (primary N) is 1. The molecule has 0 radical (unpaired) electrons. The van der Waals surface area contributed by atoms with E-state index in [-0.39, 0.29) is 22.5 Å². The minimum absolute atomic E-state index is 0.0449. The molecule has 2 aromatic heterocycles. The van der Waals surface area contributed by atoms with Crippen LogP contribution >= 0.6 is 11.3 Å². The molecule has 11 heteroatoms. The number of nitrogens with one attached hydrogen (secondary N) is 2. The molecule has 1 aliphatic heterocycles. The number of rotatable bonds is 7. The molecule has 3 heterocycles. The predicted molar refractivity (Wildman–Crippen MR) is 126 cm³/mol. The zero-order chi connectivity index (χ0) is 23.4. The lowest BCUT2D eigenvalue weighted by molar-refractivity contribution is -0.118. The largest absolute Gasteiger partial charge is 0.364 e. The third-order valence-corrected chi connectivity index (χ3v) is 6.48. The first-order chi connectivity index (χ1) is 15.9. The van der Waals surface area contributed by atoms with E-state index in [1.54, 1.807) is 6.07 Å². The van der Waals surface area contributed by atoms with Crippen LogP contribution in [0.15, 0.2) is 42.1 Å². The molecule has 33 heavy (non-hydrogen) atoms. The molecule has 1 aliphatic carbocycles. The second-order valence-electron chi connectivity index (χ2n) is 8.10. The molecule has 9 nitrogen and oxygen atoms in total. The standard InChI is InChI=1S/C22H26FN7O2S/c1-29-8-10-30(11-9-29)13-14-2-4-15(5-3-14)20(32)28-21-18(19(24)31)27-22(33-21)26-16-6-7-25-17(23)12-16/h2-4,6-7,12,15H,5,8-11,13H2,1H3,(H2,24,31)(H,28,32)(H,25,26,27). The van der Waals surface area contributed by atoms with Crippen LogP contribution in [0.4, 0.5) is 20.2 Å². The number of nitrogens with zero attached hydrogens (tertiary/aromatic N) is 4. The van der Waals surface area contributed by atoms with Gasteiger partial charge in [0.1, 0.15) is 5.00 Å². The van der Waals surface area contributed by atoms with Crippen LogP contribution in [0, 0.1) is 11.9 Å². The summed E-state index contributed by atoms with van der Waals surface area (Å²) in [6.45, 7) is 5.08. The fraction of sp³-hybridized carbons (Fsp3) is 0.364. The third-order valence-electron chi connectivity index (χ3n) is 5.59. The number of hydrogen-bond acceptors (Lipinski definition) is 8. The van der Waals surface area contributed by atoms with Gasteiger partial charge in [0.2, 0.25) is 11.9 Å². The Kier molecular flexibility index (Phi) is 7.11. The first-order valence-corrected chi connectivity index (χ1v) is 11.5. The Morgan fingerprint density at radius 2 is 2.09 bits per heavy atom. The number of thiazole rings is 1. The van der Waals surface area contributed by atoms with E-state index in [1.807, 2.05) is 12.2 Å². The number of allylic oxidation sites excluding steroid dienone is 1. The van der Waals surface area contributed by atoms with Crippen molar-refractivity contribution < 1.29 is 14.0 Å². The van der Waals surface area contributed by atoms with Crippen molar-refractivity contribution in [3.63, 3.8) is 0 Å². The van der Waals surface area contributed by atoms with Crippen molar-refractivity contribution in [2.75, 3.05) is 50.4 Å².